The molecule has 2 amide bonds. The fraction of sp³-hybridized carbons (Fsp3) is 0.526. The number of alkyl carbamates (subject to hydrolysis) is 2. The molecule has 53 heavy (non-hydrogen) atoms. The third kappa shape index (κ3) is 30.6. The van der Waals surface area contributed by atoms with Crippen molar-refractivity contribution in [3.63, 3.8) is 0 Å². The topological polar surface area (TPSA) is 210 Å². The van der Waals surface area contributed by atoms with Crippen LogP contribution in [-0.2, 0) is 51.3 Å². The van der Waals surface area contributed by atoms with Crippen molar-refractivity contribution in [1.82, 2.24) is 10.6 Å². The van der Waals surface area contributed by atoms with Crippen LogP contribution in [0.2, 0.25) is 0 Å². The van der Waals surface area contributed by atoms with Gasteiger partial charge in [-0.25, -0.2) is 9.59 Å². The van der Waals surface area contributed by atoms with Gasteiger partial charge in [-0.05, 0) is 59.1 Å². The van der Waals surface area contributed by atoms with Crippen LogP contribution in [0.5, 0.6) is 0 Å². The molecular weight excluding hydrogens is 710 g/mol. The number of aliphatic carboxylic acids is 1. The molecule has 0 saturated heterocycles. The van der Waals surface area contributed by atoms with Crippen molar-refractivity contribution in [2.45, 2.75) is 100 Å². The Hall–Kier alpha value is -4.69. The van der Waals surface area contributed by atoms with Crippen LogP contribution >= 0.6 is 12.4 Å². The predicted octanol–water partition coefficient (Wildman–Crippen LogP) is 6.22. The summed E-state index contributed by atoms with van der Waals surface area (Å²) in [6.07, 6.45) is -0.777. The summed E-state index contributed by atoms with van der Waals surface area (Å²) in [4.78, 5) is 67.2. The molecule has 15 heteroatoms. The number of ketones is 1. The van der Waals surface area contributed by atoms with Gasteiger partial charge >= 0.3 is 30.1 Å². The van der Waals surface area contributed by atoms with Crippen LogP contribution in [0.1, 0.15) is 86.8 Å². The predicted molar refractivity (Wildman–Crippen MR) is 204 cm³/mol. The number of nitrogens with one attached hydrogen (secondary N) is 2. The first kappa shape index (κ1) is 52.7. The van der Waals surface area contributed by atoms with Crippen molar-refractivity contribution in [2.75, 3.05) is 19.6 Å². The average Bonchev–Trinajstić information content (AvgIpc) is 3.06. The zero-order valence-corrected chi connectivity index (χ0v) is 32.2. The van der Waals surface area contributed by atoms with E-state index in [0.717, 1.165) is 11.1 Å². The van der Waals surface area contributed by atoms with Gasteiger partial charge in [0.05, 0.1) is 18.4 Å². The zero-order chi connectivity index (χ0) is 39.0. The normalized spacial score (nSPS) is 11.3. The van der Waals surface area contributed by atoms with Crippen LogP contribution < -0.4 is 16.4 Å². The smallest absolute Gasteiger partial charge is 0.408 e. The van der Waals surface area contributed by atoms with E-state index >= 15 is 0 Å². The Morgan fingerprint density at radius 3 is 1.42 bits per heavy atom. The Kier molecular flexibility index (Phi) is 27.7. The molecule has 2 aromatic carbocycles. The standard InChI is InChI=1S/C19H27NO5.C11H15NO2.C7H13NO4.CH4.ClH/c1-14(17(22)24-13-15-8-6-5-7-9-15)10-11-16(21)12-20-18(23)25-19(2,3)4;1-9(7-12)11(13)14-8-10-5-3-2-4-6-10;1-7(2,3)12-6(11)8-4-5(9)10;;/h5-9,14H,10-13H2,1-4H3,(H,20,23);2-6,9H,7-8,12H2,1H3;4H2,1-3H3,(H,8,11)(H,9,10);1H4;1H/t14-;9-;;;/m00.../s1. The number of halogens is 1. The highest BCUT2D eigenvalue weighted by Crippen LogP contribution is 2.11. The van der Waals surface area contributed by atoms with Crippen LogP contribution in [0.25, 0.3) is 0 Å². The minimum Gasteiger partial charge on any atom is -0.480 e. The monoisotopic (exact) mass is 769 g/mol. The van der Waals surface area contributed by atoms with E-state index in [-0.39, 0.29) is 69.0 Å². The van der Waals surface area contributed by atoms with Crippen molar-refractivity contribution in [3.8, 4) is 0 Å². The maximum Gasteiger partial charge on any atom is 0.408 e. The number of amides is 2. The summed E-state index contributed by atoms with van der Waals surface area (Å²) < 4.78 is 20.1. The summed E-state index contributed by atoms with van der Waals surface area (Å²) in [6, 6.07) is 19.0. The highest BCUT2D eigenvalue weighted by Gasteiger charge is 2.19. The molecule has 0 heterocycles. The number of carboxylic acids is 1. The van der Waals surface area contributed by atoms with Crippen LogP contribution in [0.15, 0.2) is 60.7 Å². The lowest BCUT2D eigenvalue weighted by molar-refractivity contribution is -0.150. The van der Waals surface area contributed by atoms with Gasteiger partial charge in [0, 0.05) is 13.0 Å². The molecular formula is C38H60ClN3O11. The van der Waals surface area contributed by atoms with Crippen molar-refractivity contribution in [3.05, 3.63) is 71.8 Å². The van der Waals surface area contributed by atoms with Gasteiger partial charge in [0.1, 0.15) is 31.0 Å². The van der Waals surface area contributed by atoms with Crippen LogP contribution in [-0.4, -0.2) is 71.8 Å². The number of carbonyl (C=O) groups excluding carboxylic acids is 5. The lowest BCUT2D eigenvalue weighted by Crippen LogP contribution is -2.35. The van der Waals surface area contributed by atoms with Gasteiger partial charge in [0.15, 0.2) is 5.78 Å². The summed E-state index contributed by atoms with van der Waals surface area (Å²) >= 11 is 0. The van der Waals surface area contributed by atoms with Gasteiger partial charge in [-0.3, -0.25) is 19.2 Å². The van der Waals surface area contributed by atoms with Gasteiger partial charge in [0.2, 0.25) is 0 Å². The summed E-state index contributed by atoms with van der Waals surface area (Å²) in [5.41, 5.74) is 6.05. The molecule has 2 aromatic rings. The third-order valence-electron chi connectivity index (χ3n) is 6.07. The molecule has 0 aliphatic heterocycles. The number of hydrogen-bond acceptors (Lipinski definition) is 11. The number of hydrogen-bond donors (Lipinski definition) is 4. The number of nitrogens with two attached hydrogens (primary N) is 1. The van der Waals surface area contributed by atoms with E-state index in [2.05, 4.69) is 10.6 Å². The van der Waals surface area contributed by atoms with Crippen molar-refractivity contribution >= 4 is 48.3 Å². The van der Waals surface area contributed by atoms with Gasteiger partial charge in [-0.15, -0.1) is 12.4 Å². The molecule has 2 rings (SSSR count). The van der Waals surface area contributed by atoms with Crippen LogP contribution in [0.3, 0.4) is 0 Å². The quantitative estimate of drug-likeness (QED) is 0.125. The Balaban J connectivity index is -0.000000760. The Morgan fingerprint density at radius 1 is 0.679 bits per heavy atom. The molecule has 300 valence electrons. The number of Topliss-reactive ketones (excluding diaryl/α,β-unsaturated/α-hetero) is 1. The third-order valence-corrected chi connectivity index (χ3v) is 6.07. The highest BCUT2D eigenvalue weighted by molar-refractivity contribution is 5.85. The molecule has 0 radical (unpaired) electrons. The van der Waals surface area contributed by atoms with E-state index in [1.54, 1.807) is 55.4 Å². The second-order valence-corrected chi connectivity index (χ2v) is 13.4. The molecule has 0 aliphatic carbocycles. The fourth-order valence-corrected chi connectivity index (χ4v) is 3.37. The first-order valence-electron chi connectivity index (χ1n) is 16.5. The first-order chi connectivity index (χ1) is 23.7. The Labute approximate surface area is 320 Å². The maximum absolute atomic E-state index is 11.9. The van der Waals surface area contributed by atoms with E-state index in [0.29, 0.717) is 19.6 Å². The van der Waals surface area contributed by atoms with Gasteiger partial charge in [-0.2, -0.15) is 0 Å². The SMILES string of the molecule is C.CC(C)(C)OC(=O)NCC(=O)O.C[C@@H](CCC(=O)CNC(=O)OC(C)(C)C)C(=O)OCc1ccccc1.C[C@@H](CN)C(=O)OCc1ccccc1.Cl. The van der Waals surface area contributed by atoms with Gasteiger partial charge < -0.3 is 40.4 Å². The van der Waals surface area contributed by atoms with Gasteiger partial charge in [-0.1, -0.05) is 81.9 Å². The molecule has 5 N–H and O–H groups in total. The molecule has 0 saturated carbocycles. The van der Waals surface area contributed by atoms with Gasteiger partial charge in [0.25, 0.3) is 0 Å². The van der Waals surface area contributed by atoms with Crippen molar-refractivity contribution < 1.29 is 52.8 Å². The van der Waals surface area contributed by atoms with E-state index in [1.807, 2.05) is 60.7 Å². The van der Waals surface area contributed by atoms with E-state index < -0.39 is 35.9 Å². The summed E-state index contributed by atoms with van der Waals surface area (Å²) in [5, 5.41) is 12.7. The number of benzene rings is 2. The minimum atomic E-state index is -1.10. The minimum absolute atomic E-state index is 0. The van der Waals surface area contributed by atoms with Crippen molar-refractivity contribution in [1.29, 1.82) is 0 Å². The molecule has 0 unspecified atom stereocenters. The number of rotatable bonds is 14. The molecule has 2 atom stereocenters. The Morgan fingerprint density at radius 2 is 1.06 bits per heavy atom. The second-order valence-electron chi connectivity index (χ2n) is 13.4. The number of esters is 2. The first-order valence-corrected chi connectivity index (χ1v) is 16.5. The largest absolute Gasteiger partial charge is 0.480 e. The maximum atomic E-state index is 11.9. The zero-order valence-electron chi connectivity index (χ0n) is 31.4. The number of carboxylic acid groups (broad SMARTS) is 1. The lowest BCUT2D eigenvalue weighted by atomic mass is 10.0. The highest BCUT2D eigenvalue weighted by atomic mass is 35.5. The lowest BCUT2D eigenvalue weighted by Gasteiger charge is -2.19. The molecule has 0 fully saturated rings. The fourth-order valence-electron chi connectivity index (χ4n) is 3.37. The van der Waals surface area contributed by atoms with Crippen LogP contribution in [0.4, 0.5) is 9.59 Å². The summed E-state index contributed by atoms with van der Waals surface area (Å²) in [6.45, 7) is 14.2. The number of ether oxygens (including phenoxy) is 4. The summed E-state index contributed by atoms with van der Waals surface area (Å²) in [5.74, 6) is -2.43. The molecule has 0 spiro atoms. The molecule has 0 bridgehead atoms. The molecule has 0 aliphatic rings. The average molecular weight is 770 g/mol. The van der Waals surface area contributed by atoms with Crippen molar-refractivity contribution in [2.24, 2.45) is 17.6 Å². The molecule has 14 nitrogen and oxygen atoms in total. The number of carbonyl (C=O) groups is 6. The second kappa shape index (κ2) is 27.9. The molecule has 0 aromatic heterocycles. The van der Waals surface area contributed by atoms with E-state index in [4.69, 9.17) is 29.8 Å². The van der Waals surface area contributed by atoms with Crippen LogP contribution in [0, 0.1) is 11.8 Å². The Bertz CT molecular complexity index is 1360. The van der Waals surface area contributed by atoms with E-state index in [1.165, 1.54) is 0 Å². The van der Waals surface area contributed by atoms with E-state index in [9.17, 15) is 28.8 Å². The summed E-state index contributed by atoms with van der Waals surface area (Å²) in [7, 11) is 0.